The van der Waals surface area contributed by atoms with E-state index < -0.39 is 23.5 Å². The molecule has 0 spiro atoms. The summed E-state index contributed by atoms with van der Waals surface area (Å²) in [4.78, 5) is 22.7. The molecular weight excluding hydrogens is 256 g/mol. The van der Waals surface area contributed by atoms with Crippen LogP contribution < -0.4 is 5.32 Å². The van der Waals surface area contributed by atoms with E-state index in [0.717, 1.165) is 12.1 Å². The summed E-state index contributed by atoms with van der Waals surface area (Å²) in [7, 11) is 0. The molecule has 0 radical (unpaired) electrons. The minimum absolute atomic E-state index is 0.00870. The summed E-state index contributed by atoms with van der Waals surface area (Å²) >= 11 is 0. The second-order valence-corrected chi connectivity index (χ2v) is 4.32. The fraction of sp³-hybridized carbons (Fsp3) is 0.231. The van der Waals surface area contributed by atoms with Crippen LogP contribution >= 0.6 is 0 Å². The molecule has 2 N–H and O–H groups in total. The van der Waals surface area contributed by atoms with Gasteiger partial charge in [0, 0.05) is 18.0 Å². The first kappa shape index (κ1) is 13.2. The smallest absolute Gasteiger partial charge is 0.333 e. The van der Waals surface area contributed by atoms with Crippen molar-refractivity contribution in [2.75, 3.05) is 0 Å². The van der Waals surface area contributed by atoms with Crippen LogP contribution in [0.4, 0.5) is 8.78 Å². The summed E-state index contributed by atoms with van der Waals surface area (Å²) in [5, 5.41) is 11.6. The molecule has 1 amide bonds. The highest BCUT2D eigenvalue weighted by Crippen LogP contribution is 2.33. The Morgan fingerprint density at radius 3 is 2.63 bits per heavy atom. The summed E-state index contributed by atoms with van der Waals surface area (Å²) < 4.78 is 26.1. The number of allylic oxidation sites excluding steroid dienone is 1. The van der Waals surface area contributed by atoms with E-state index in [2.05, 4.69) is 5.32 Å². The monoisotopic (exact) mass is 267 g/mol. The van der Waals surface area contributed by atoms with Gasteiger partial charge in [-0.15, -0.1) is 0 Å². The molecule has 2 rings (SSSR count). The number of carboxylic acid groups (broad SMARTS) is 1. The number of nitrogens with one attached hydrogen (secondary N) is 1. The van der Waals surface area contributed by atoms with Gasteiger partial charge >= 0.3 is 5.97 Å². The molecule has 4 nitrogen and oxygen atoms in total. The van der Waals surface area contributed by atoms with Gasteiger partial charge in [-0.1, -0.05) is 6.07 Å². The average Bonchev–Trinajstić information content (AvgIpc) is 2.31. The largest absolute Gasteiger partial charge is 0.478 e. The molecule has 100 valence electrons. The predicted molar refractivity (Wildman–Crippen MR) is 62.2 cm³/mol. The molecular formula is C13H11F2NO3. The predicted octanol–water partition coefficient (Wildman–Crippen LogP) is 1.93. The minimum atomic E-state index is -1.19. The summed E-state index contributed by atoms with van der Waals surface area (Å²) in [6.45, 7) is 1.47. The topological polar surface area (TPSA) is 66.4 Å². The van der Waals surface area contributed by atoms with Crippen molar-refractivity contribution in [1.29, 1.82) is 0 Å². The van der Waals surface area contributed by atoms with Gasteiger partial charge in [-0.3, -0.25) is 4.79 Å². The van der Waals surface area contributed by atoms with E-state index >= 15 is 0 Å². The third kappa shape index (κ3) is 2.47. The number of benzene rings is 1. The zero-order valence-electron chi connectivity index (χ0n) is 10.0. The second kappa shape index (κ2) is 4.79. The van der Waals surface area contributed by atoms with Gasteiger partial charge in [0.1, 0.15) is 0 Å². The van der Waals surface area contributed by atoms with Crippen LogP contribution in [0.3, 0.4) is 0 Å². The standard InChI is InChI=1S/C13H11F2NO3/c1-6-12(13(18)19)8(5-11(17)16-6)7-2-3-9(14)10(15)4-7/h2-4,8H,5H2,1H3,(H,16,17)(H,18,19). The number of amides is 1. The molecule has 0 bridgehead atoms. The number of carbonyl (C=O) groups excluding carboxylic acids is 1. The Hall–Kier alpha value is -2.24. The Kier molecular flexibility index (Phi) is 3.33. The van der Waals surface area contributed by atoms with E-state index in [9.17, 15) is 23.5 Å². The third-order valence-corrected chi connectivity index (χ3v) is 3.05. The van der Waals surface area contributed by atoms with Gasteiger partial charge in [0.15, 0.2) is 11.6 Å². The first-order valence-corrected chi connectivity index (χ1v) is 5.59. The lowest BCUT2D eigenvalue weighted by Crippen LogP contribution is -2.33. The molecule has 1 unspecified atom stereocenters. The number of halogens is 2. The highest BCUT2D eigenvalue weighted by molar-refractivity contribution is 5.94. The third-order valence-electron chi connectivity index (χ3n) is 3.05. The van der Waals surface area contributed by atoms with Crippen LogP contribution in [-0.2, 0) is 9.59 Å². The van der Waals surface area contributed by atoms with Crippen LogP contribution in [0.15, 0.2) is 29.5 Å². The van der Waals surface area contributed by atoms with Crippen molar-refractivity contribution in [2.24, 2.45) is 0 Å². The lowest BCUT2D eigenvalue weighted by Gasteiger charge is -2.25. The van der Waals surface area contributed by atoms with Crippen molar-refractivity contribution in [1.82, 2.24) is 5.32 Å². The van der Waals surface area contributed by atoms with Gasteiger partial charge in [0.2, 0.25) is 5.91 Å². The number of rotatable bonds is 2. The van der Waals surface area contributed by atoms with E-state index in [-0.39, 0.29) is 29.2 Å². The van der Waals surface area contributed by atoms with Crippen molar-refractivity contribution in [3.8, 4) is 0 Å². The summed E-state index contributed by atoms with van der Waals surface area (Å²) in [6, 6.07) is 3.14. The Balaban J connectivity index is 2.51. The number of carbonyl (C=O) groups is 2. The quantitative estimate of drug-likeness (QED) is 0.860. The van der Waals surface area contributed by atoms with E-state index in [4.69, 9.17) is 0 Å². The first-order valence-electron chi connectivity index (χ1n) is 5.59. The normalized spacial score (nSPS) is 19.3. The van der Waals surface area contributed by atoms with Crippen molar-refractivity contribution in [3.63, 3.8) is 0 Å². The number of hydrogen-bond acceptors (Lipinski definition) is 2. The van der Waals surface area contributed by atoms with Crippen LogP contribution in [0, 0.1) is 11.6 Å². The molecule has 0 fully saturated rings. The molecule has 1 aromatic carbocycles. The van der Waals surface area contributed by atoms with Gasteiger partial charge in [0.25, 0.3) is 0 Å². The average molecular weight is 267 g/mol. The molecule has 6 heteroatoms. The number of hydrogen-bond donors (Lipinski definition) is 2. The molecule has 1 aliphatic rings. The number of carboxylic acids is 1. The van der Waals surface area contributed by atoms with Crippen molar-refractivity contribution >= 4 is 11.9 Å². The molecule has 19 heavy (non-hydrogen) atoms. The maximum absolute atomic E-state index is 13.2. The SMILES string of the molecule is CC1=C(C(=O)O)C(c2ccc(F)c(F)c2)CC(=O)N1. The van der Waals surface area contributed by atoms with Gasteiger partial charge in [0.05, 0.1) is 5.57 Å². The van der Waals surface area contributed by atoms with Gasteiger partial charge in [-0.05, 0) is 24.6 Å². The van der Waals surface area contributed by atoms with Gasteiger partial charge in [-0.25, -0.2) is 13.6 Å². The van der Waals surface area contributed by atoms with E-state index in [1.807, 2.05) is 0 Å². The second-order valence-electron chi connectivity index (χ2n) is 4.32. The van der Waals surface area contributed by atoms with E-state index in [1.54, 1.807) is 0 Å². The van der Waals surface area contributed by atoms with Crippen LogP contribution in [-0.4, -0.2) is 17.0 Å². The molecule has 1 heterocycles. The Labute approximate surface area is 107 Å². The highest BCUT2D eigenvalue weighted by atomic mass is 19.2. The van der Waals surface area contributed by atoms with Crippen molar-refractivity contribution < 1.29 is 23.5 Å². The van der Waals surface area contributed by atoms with Crippen LogP contribution in [0.2, 0.25) is 0 Å². The summed E-state index contributed by atoms with van der Waals surface area (Å²) in [5.74, 6) is -4.39. The van der Waals surface area contributed by atoms with Gasteiger partial charge in [-0.2, -0.15) is 0 Å². The molecule has 1 aliphatic heterocycles. The molecule has 0 saturated heterocycles. The maximum atomic E-state index is 13.2. The lowest BCUT2D eigenvalue weighted by atomic mass is 9.84. The Bertz CT molecular complexity index is 596. The Morgan fingerprint density at radius 1 is 1.37 bits per heavy atom. The fourth-order valence-corrected chi connectivity index (χ4v) is 2.20. The van der Waals surface area contributed by atoms with Crippen LogP contribution in [0.1, 0.15) is 24.8 Å². The molecule has 0 aromatic heterocycles. The zero-order chi connectivity index (χ0) is 14.2. The summed E-state index contributed by atoms with van der Waals surface area (Å²) in [5.41, 5.74) is 0.481. The van der Waals surface area contributed by atoms with Crippen LogP contribution in [0.5, 0.6) is 0 Å². The molecule has 0 saturated carbocycles. The lowest BCUT2D eigenvalue weighted by molar-refractivity contribution is -0.133. The van der Waals surface area contributed by atoms with E-state index in [0.29, 0.717) is 0 Å². The van der Waals surface area contributed by atoms with Crippen molar-refractivity contribution in [3.05, 3.63) is 46.7 Å². The number of aliphatic carboxylic acids is 1. The van der Waals surface area contributed by atoms with Gasteiger partial charge < -0.3 is 10.4 Å². The summed E-state index contributed by atoms with van der Waals surface area (Å²) in [6.07, 6.45) is -0.107. The molecule has 1 atom stereocenters. The zero-order valence-corrected chi connectivity index (χ0v) is 10.0. The molecule has 0 aliphatic carbocycles. The first-order chi connectivity index (χ1) is 8.90. The van der Waals surface area contributed by atoms with Crippen LogP contribution in [0.25, 0.3) is 0 Å². The molecule has 1 aromatic rings. The maximum Gasteiger partial charge on any atom is 0.333 e. The van der Waals surface area contributed by atoms with Crippen molar-refractivity contribution in [2.45, 2.75) is 19.3 Å². The highest BCUT2D eigenvalue weighted by Gasteiger charge is 2.31. The fourth-order valence-electron chi connectivity index (χ4n) is 2.20. The Morgan fingerprint density at radius 2 is 2.05 bits per heavy atom. The van der Waals surface area contributed by atoms with E-state index in [1.165, 1.54) is 13.0 Å². The minimum Gasteiger partial charge on any atom is -0.478 e.